The molecule has 0 saturated carbocycles. The highest BCUT2D eigenvalue weighted by Crippen LogP contribution is 2.24. The van der Waals surface area contributed by atoms with Gasteiger partial charge in [-0.1, -0.05) is 54.6 Å². The van der Waals surface area contributed by atoms with Gasteiger partial charge in [-0.2, -0.15) is 12.7 Å². The molecule has 0 fully saturated rings. The summed E-state index contributed by atoms with van der Waals surface area (Å²) < 4.78 is 56.2. The first-order valence-electron chi connectivity index (χ1n) is 11.8. The highest BCUT2D eigenvalue weighted by molar-refractivity contribution is 7.90. The minimum absolute atomic E-state index is 0.114. The zero-order valence-corrected chi connectivity index (χ0v) is 22.2. The lowest BCUT2D eigenvalue weighted by Gasteiger charge is -2.34. The van der Waals surface area contributed by atoms with Crippen molar-refractivity contribution in [2.45, 2.75) is 19.0 Å². The molecule has 3 rings (SSSR count). The SMILES string of the molecule is CNC(=O)[C@H](Cc1ccccc1)N(Cc1ccc(F)cc1)C(=O)CN(c1ccccc1F)S(=O)(=O)N(C)C. The lowest BCUT2D eigenvalue weighted by Crippen LogP contribution is -2.54. The van der Waals surface area contributed by atoms with Crippen LogP contribution in [0, 0.1) is 11.6 Å². The predicted octanol–water partition coefficient (Wildman–Crippen LogP) is 2.96. The summed E-state index contributed by atoms with van der Waals surface area (Å²) in [5.74, 6) is -2.52. The van der Waals surface area contributed by atoms with E-state index in [0.29, 0.717) is 9.87 Å². The number of hydrogen-bond donors (Lipinski definition) is 1. The van der Waals surface area contributed by atoms with Crippen molar-refractivity contribution in [3.05, 3.63) is 102 Å². The number of hydrogen-bond acceptors (Lipinski definition) is 4. The maximum Gasteiger partial charge on any atom is 0.304 e. The third-order valence-electron chi connectivity index (χ3n) is 5.92. The number of benzene rings is 3. The second kappa shape index (κ2) is 12.6. The first-order valence-corrected chi connectivity index (χ1v) is 13.2. The van der Waals surface area contributed by atoms with Gasteiger partial charge in [-0.25, -0.2) is 13.1 Å². The normalized spacial score (nSPS) is 12.2. The molecule has 3 aromatic carbocycles. The molecule has 202 valence electrons. The summed E-state index contributed by atoms with van der Waals surface area (Å²) in [7, 11) is -0.328. The molecule has 0 aliphatic carbocycles. The Morgan fingerprint density at radius 2 is 1.47 bits per heavy atom. The first-order chi connectivity index (χ1) is 18.0. The van der Waals surface area contributed by atoms with Crippen molar-refractivity contribution in [3.8, 4) is 0 Å². The van der Waals surface area contributed by atoms with Gasteiger partial charge in [-0.15, -0.1) is 0 Å². The number of anilines is 1. The molecule has 0 aliphatic rings. The standard InChI is InChI=1S/C27H30F2N4O4S/c1-30-27(35)25(17-20-9-5-4-6-10-20)32(18-21-13-15-22(28)16-14-21)26(34)19-33(38(36,37)31(2)3)24-12-8-7-11-23(24)29/h4-16,25H,17-19H2,1-3H3,(H,30,35)/t25-/m0/s1. The van der Waals surface area contributed by atoms with E-state index in [1.165, 1.54) is 68.5 Å². The Hall–Kier alpha value is -3.83. The minimum Gasteiger partial charge on any atom is -0.357 e. The van der Waals surface area contributed by atoms with E-state index in [0.717, 1.165) is 15.9 Å². The van der Waals surface area contributed by atoms with Crippen LogP contribution in [0.4, 0.5) is 14.5 Å². The van der Waals surface area contributed by atoms with Crippen molar-refractivity contribution in [1.29, 1.82) is 0 Å². The van der Waals surface area contributed by atoms with Gasteiger partial charge in [0.2, 0.25) is 11.8 Å². The highest BCUT2D eigenvalue weighted by Gasteiger charge is 2.35. The molecule has 0 unspecified atom stereocenters. The second-order valence-corrected chi connectivity index (χ2v) is 10.8. The number of rotatable bonds is 11. The Labute approximate surface area is 221 Å². The Morgan fingerprint density at radius 1 is 0.868 bits per heavy atom. The van der Waals surface area contributed by atoms with Crippen molar-refractivity contribution in [3.63, 3.8) is 0 Å². The van der Waals surface area contributed by atoms with Crippen molar-refractivity contribution in [2.24, 2.45) is 0 Å². The molecule has 11 heteroatoms. The van der Waals surface area contributed by atoms with E-state index in [1.54, 1.807) is 24.3 Å². The zero-order valence-electron chi connectivity index (χ0n) is 21.3. The van der Waals surface area contributed by atoms with Gasteiger partial charge in [0, 0.05) is 34.1 Å². The van der Waals surface area contributed by atoms with Gasteiger partial charge in [0.15, 0.2) is 0 Å². The van der Waals surface area contributed by atoms with Crippen LogP contribution in [0.15, 0.2) is 78.9 Å². The summed E-state index contributed by atoms with van der Waals surface area (Å²) in [6.07, 6.45) is 0.133. The number of para-hydroxylation sites is 1. The zero-order chi connectivity index (χ0) is 27.9. The quantitative estimate of drug-likeness (QED) is 0.402. The maximum atomic E-state index is 14.7. The minimum atomic E-state index is -4.30. The third-order valence-corrected chi connectivity index (χ3v) is 7.73. The summed E-state index contributed by atoms with van der Waals surface area (Å²) in [5, 5.41) is 2.57. The van der Waals surface area contributed by atoms with E-state index in [1.807, 2.05) is 6.07 Å². The largest absolute Gasteiger partial charge is 0.357 e. The van der Waals surface area contributed by atoms with Gasteiger partial charge in [0.1, 0.15) is 24.2 Å². The van der Waals surface area contributed by atoms with Gasteiger partial charge in [0.25, 0.3) is 0 Å². The average Bonchev–Trinajstić information content (AvgIpc) is 2.90. The molecule has 0 aromatic heterocycles. The molecular formula is C27H30F2N4O4S. The van der Waals surface area contributed by atoms with E-state index in [9.17, 15) is 26.8 Å². The summed E-state index contributed by atoms with van der Waals surface area (Å²) in [5.41, 5.74) is 0.982. The summed E-state index contributed by atoms with van der Waals surface area (Å²) in [6.45, 7) is -0.887. The number of carbonyl (C=O) groups excluding carboxylic acids is 2. The number of likely N-dealkylation sites (N-methyl/N-ethyl adjacent to an activating group) is 1. The molecule has 38 heavy (non-hydrogen) atoms. The van der Waals surface area contributed by atoms with Gasteiger partial charge >= 0.3 is 10.2 Å². The summed E-state index contributed by atoms with van der Waals surface area (Å²) >= 11 is 0. The predicted molar refractivity (Wildman–Crippen MR) is 141 cm³/mol. The monoisotopic (exact) mass is 544 g/mol. The number of nitrogens with zero attached hydrogens (tertiary/aromatic N) is 3. The Bertz CT molecular complexity index is 1350. The molecule has 8 nitrogen and oxygen atoms in total. The molecular weight excluding hydrogens is 514 g/mol. The lowest BCUT2D eigenvalue weighted by molar-refractivity contribution is -0.139. The van der Waals surface area contributed by atoms with Gasteiger partial charge in [-0.3, -0.25) is 9.59 Å². The van der Waals surface area contributed by atoms with Crippen molar-refractivity contribution in [1.82, 2.24) is 14.5 Å². The third kappa shape index (κ3) is 6.93. The van der Waals surface area contributed by atoms with Gasteiger partial charge < -0.3 is 10.2 Å². The molecule has 3 aromatic rings. The van der Waals surface area contributed by atoms with Crippen molar-refractivity contribution >= 4 is 27.7 Å². The lowest BCUT2D eigenvalue weighted by atomic mass is 10.0. The van der Waals surface area contributed by atoms with E-state index in [-0.39, 0.29) is 18.7 Å². The molecule has 2 amide bonds. The van der Waals surface area contributed by atoms with Crippen LogP contribution in [0.5, 0.6) is 0 Å². The van der Waals surface area contributed by atoms with E-state index >= 15 is 0 Å². The fourth-order valence-corrected chi connectivity index (χ4v) is 4.93. The first kappa shape index (κ1) is 28.7. The maximum absolute atomic E-state index is 14.7. The van der Waals surface area contributed by atoms with Crippen LogP contribution in [0.1, 0.15) is 11.1 Å². The van der Waals surface area contributed by atoms with Crippen molar-refractivity contribution < 1.29 is 26.8 Å². The topological polar surface area (TPSA) is 90.0 Å². The highest BCUT2D eigenvalue weighted by atomic mass is 32.2. The molecule has 0 aliphatic heterocycles. The number of halogens is 2. The fraction of sp³-hybridized carbons (Fsp3) is 0.259. The Balaban J connectivity index is 2.07. The smallest absolute Gasteiger partial charge is 0.304 e. The average molecular weight is 545 g/mol. The fourth-order valence-electron chi connectivity index (χ4n) is 3.86. The van der Waals surface area contributed by atoms with Crippen molar-refractivity contribution in [2.75, 3.05) is 32.0 Å². The molecule has 0 spiro atoms. The molecule has 0 saturated heterocycles. The molecule has 0 bridgehead atoms. The van der Waals surface area contributed by atoms with Crippen LogP contribution in [0.3, 0.4) is 0 Å². The van der Waals surface area contributed by atoms with Crippen LogP contribution in [0.2, 0.25) is 0 Å². The van der Waals surface area contributed by atoms with Crippen LogP contribution in [0.25, 0.3) is 0 Å². The summed E-state index contributed by atoms with van der Waals surface area (Å²) in [4.78, 5) is 28.1. The Morgan fingerprint density at radius 3 is 2.05 bits per heavy atom. The Kier molecular flexibility index (Phi) is 9.54. The van der Waals surface area contributed by atoms with Crippen LogP contribution < -0.4 is 9.62 Å². The molecule has 1 N–H and O–H groups in total. The molecule has 1 atom stereocenters. The van der Waals surface area contributed by atoms with Gasteiger partial charge in [0.05, 0.1) is 5.69 Å². The summed E-state index contributed by atoms with van der Waals surface area (Å²) in [6, 6.07) is 18.6. The van der Waals surface area contributed by atoms with E-state index in [2.05, 4.69) is 5.32 Å². The van der Waals surface area contributed by atoms with E-state index in [4.69, 9.17) is 0 Å². The number of amides is 2. The number of nitrogens with one attached hydrogen (secondary N) is 1. The van der Waals surface area contributed by atoms with Crippen LogP contribution >= 0.6 is 0 Å². The second-order valence-electron chi connectivity index (χ2n) is 8.72. The van der Waals surface area contributed by atoms with Crippen LogP contribution in [-0.2, 0) is 32.8 Å². The van der Waals surface area contributed by atoms with E-state index < -0.39 is 46.2 Å². The number of carbonyl (C=O) groups is 2. The van der Waals surface area contributed by atoms with Gasteiger partial charge in [-0.05, 0) is 35.4 Å². The molecule has 0 radical (unpaired) electrons. The van der Waals surface area contributed by atoms with Crippen LogP contribution in [-0.4, -0.2) is 63.2 Å². The molecule has 0 heterocycles.